The van der Waals surface area contributed by atoms with Crippen molar-refractivity contribution >= 4 is 22.7 Å². The number of hydrogen-bond donors (Lipinski definition) is 0. The molecule has 0 atom stereocenters. The van der Waals surface area contributed by atoms with Crippen molar-refractivity contribution in [2.75, 3.05) is 13.2 Å². The first-order valence-electron chi connectivity index (χ1n) is 11.9. The molecule has 0 aromatic carbocycles. The maximum atomic E-state index is 9.50. The number of aromatic nitrogens is 2. The van der Waals surface area contributed by atoms with Gasteiger partial charge in [-0.2, -0.15) is 10.5 Å². The molecule has 0 unspecified atom stereocenters. The number of nitriles is 2. The molecule has 0 bridgehead atoms. The SMILES string of the molecule is CCCCCCOc1ccc(-c2nc(C#N)c(C#N)nc2-c2ccc(OCCCCCC)s2)s1. The average molecular weight is 495 g/mol. The summed E-state index contributed by atoms with van der Waals surface area (Å²) in [5.41, 5.74) is 1.22. The van der Waals surface area contributed by atoms with Gasteiger partial charge in [-0.3, -0.25) is 0 Å². The number of hydrogen-bond acceptors (Lipinski definition) is 8. The van der Waals surface area contributed by atoms with Crippen LogP contribution in [0.25, 0.3) is 21.1 Å². The Morgan fingerprint density at radius 1 is 0.676 bits per heavy atom. The van der Waals surface area contributed by atoms with Crippen LogP contribution in [0.3, 0.4) is 0 Å². The second-order valence-corrected chi connectivity index (χ2v) is 9.99. The monoisotopic (exact) mass is 494 g/mol. The zero-order chi connectivity index (χ0) is 24.2. The second-order valence-electron chi connectivity index (χ2n) is 7.90. The molecule has 0 saturated carbocycles. The summed E-state index contributed by atoms with van der Waals surface area (Å²) in [6.45, 7) is 5.74. The fraction of sp³-hybridized carbons (Fsp3) is 0.462. The van der Waals surface area contributed by atoms with E-state index in [2.05, 4.69) is 23.8 Å². The summed E-state index contributed by atoms with van der Waals surface area (Å²) < 4.78 is 11.8. The lowest BCUT2D eigenvalue weighted by atomic mass is 10.2. The molecule has 0 aliphatic carbocycles. The predicted molar refractivity (Wildman–Crippen MR) is 137 cm³/mol. The van der Waals surface area contributed by atoms with E-state index in [0.717, 1.165) is 45.6 Å². The van der Waals surface area contributed by atoms with E-state index in [4.69, 9.17) is 9.47 Å². The number of ether oxygens (including phenoxy) is 2. The largest absolute Gasteiger partial charge is 0.484 e. The quantitative estimate of drug-likeness (QED) is 0.214. The molecule has 3 heterocycles. The van der Waals surface area contributed by atoms with Crippen LogP contribution < -0.4 is 9.47 Å². The highest BCUT2D eigenvalue weighted by molar-refractivity contribution is 7.18. The van der Waals surface area contributed by atoms with Gasteiger partial charge < -0.3 is 9.47 Å². The summed E-state index contributed by atoms with van der Waals surface area (Å²) in [7, 11) is 0. The second kappa shape index (κ2) is 13.7. The Labute approximate surface area is 209 Å². The van der Waals surface area contributed by atoms with Crippen molar-refractivity contribution in [3.05, 3.63) is 35.7 Å². The van der Waals surface area contributed by atoms with Gasteiger partial charge in [-0.05, 0) is 37.1 Å². The number of thiophene rings is 2. The highest BCUT2D eigenvalue weighted by Crippen LogP contribution is 2.40. The molecule has 0 N–H and O–H groups in total. The van der Waals surface area contributed by atoms with Gasteiger partial charge in [0.05, 0.1) is 23.0 Å². The van der Waals surface area contributed by atoms with E-state index < -0.39 is 0 Å². The van der Waals surface area contributed by atoms with Crippen molar-refractivity contribution in [2.24, 2.45) is 0 Å². The Hall–Kier alpha value is -2.94. The molecule has 0 saturated heterocycles. The molecule has 3 aromatic heterocycles. The predicted octanol–water partition coefficient (Wildman–Crippen LogP) is 7.60. The van der Waals surface area contributed by atoms with Gasteiger partial charge >= 0.3 is 0 Å². The molecule has 0 aliphatic heterocycles. The first kappa shape index (κ1) is 25.7. The Kier molecular flexibility index (Phi) is 10.3. The Balaban J connectivity index is 1.82. The van der Waals surface area contributed by atoms with E-state index in [-0.39, 0.29) is 11.4 Å². The zero-order valence-electron chi connectivity index (χ0n) is 19.8. The van der Waals surface area contributed by atoms with Crippen LogP contribution in [0.5, 0.6) is 10.1 Å². The van der Waals surface area contributed by atoms with Gasteiger partial charge in [0.25, 0.3) is 0 Å². The fourth-order valence-electron chi connectivity index (χ4n) is 3.39. The average Bonchev–Trinajstić information content (AvgIpc) is 3.53. The van der Waals surface area contributed by atoms with E-state index >= 15 is 0 Å². The molecule has 0 amide bonds. The van der Waals surface area contributed by atoms with Crippen LogP contribution in [0.1, 0.15) is 76.6 Å². The lowest BCUT2D eigenvalue weighted by molar-refractivity contribution is 0.313. The minimum absolute atomic E-state index is 0.0284. The standard InChI is InChI=1S/C26H30N4O2S2/c1-3-5-7-9-15-31-23-13-11-21(33-23)25-26(30-20(18-28)19(17-27)29-25)22-12-14-24(34-22)32-16-10-8-6-4-2/h11-14H,3-10,15-16H2,1-2H3. The van der Waals surface area contributed by atoms with Crippen molar-refractivity contribution in [3.63, 3.8) is 0 Å². The molecule has 0 radical (unpaired) electrons. The van der Waals surface area contributed by atoms with Crippen LogP contribution >= 0.6 is 22.7 Å². The van der Waals surface area contributed by atoms with Crippen LogP contribution in [-0.4, -0.2) is 23.2 Å². The van der Waals surface area contributed by atoms with Gasteiger partial charge in [0.1, 0.15) is 23.5 Å². The van der Waals surface area contributed by atoms with E-state index in [0.29, 0.717) is 24.6 Å². The number of rotatable bonds is 14. The lowest BCUT2D eigenvalue weighted by Crippen LogP contribution is -1.99. The van der Waals surface area contributed by atoms with Gasteiger partial charge in [0.2, 0.25) is 0 Å². The molecule has 3 aromatic rings. The van der Waals surface area contributed by atoms with Crippen LogP contribution in [0.15, 0.2) is 24.3 Å². The van der Waals surface area contributed by atoms with Crippen molar-refractivity contribution in [2.45, 2.75) is 65.2 Å². The summed E-state index contributed by atoms with van der Waals surface area (Å²) in [6.07, 6.45) is 9.18. The van der Waals surface area contributed by atoms with E-state index in [1.807, 2.05) is 36.4 Å². The fourth-order valence-corrected chi connectivity index (χ4v) is 5.13. The molecular formula is C26H30N4O2S2. The Morgan fingerprint density at radius 3 is 1.50 bits per heavy atom. The minimum atomic E-state index is 0.0284. The molecule has 0 aliphatic rings. The first-order chi connectivity index (χ1) is 16.7. The Bertz CT molecular complexity index is 1050. The van der Waals surface area contributed by atoms with Crippen LogP contribution in [-0.2, 0) is 0 Å². The smallest absolute Gasteiger partial charge is 0.177 e. The molecule has 6 nitrogen and oxygen atoms in total. The molecule has 178 valence electrons. The molecule has 8 heteroatoms. The summed E-state index contributed by atoms with van der Waals surface area (Å²) in [5, 5.41) is 20.6. The van der Waals surface area contributed by atoms with Gasteiger partial charge in [-0.1, -0.05) is 75.0 Å². The summed E-state index contributed by atoms with van der Waals surface area (Å²) in [6, 6.07) is 11.7. The van der Waals surface area contributed by atoms with Gasteiger partial charge in [0, 0.05) is 0 Å². The van der Waals surface area contributed by atoms with E-state index in [1.165, 1.54) is 48.4 Å². The van der Waals surface area contributed by atoms with Crippen molar-refractivity contribution in [1.29, 1.82) is 10.5 Å². The van der Waals surface area contributed by atoms with E-state index in [1.54, 1.807) is 0 Å². The highest BCUT2D eigenvalue weighted by atomic mass is 32.1. The normalized spacial score (nSPS) is 10.6. The van der Waals surface area contributed by atoms with Crippen LogP contribution in [0.2, 0.25) is 0 Å². The van der Waals surface area contributed by atoms with Gasteiger partial charge in [0.15, 0.2) is 21.5 Å². The van der Waals surface area contributed by atoms with Crippen molar-refractivity contribution in [1.82, 2.24) is 9.97 Å². The highest BCUT2D eigenvalue weighted by Gasteiger charge is 2.20. The van der Waals surface area contributed by atoms with Crippen LogP contribution in [0, 0.1) is 22.7 Å². The molecular weight excluding hydrogens is 464 g/mol. The third-order valence-corrected chi connectivity index (χ3v) is 7.23. The summed E-state index contributed by atoms with van der Waals surface area (Å²) >= 11 is 2.95. The topological polar surface area (TPSA) is 91.8 Å². The van der Waals surface area contributed by atoms with Gasteiger partial charge in [-0.15, -0.1) is 0 Å². The lowest BCUT2D eigenvalue weighted by Gasteiger charge is -2.07. The Morgan fingerprint density at radius 2 is 1.12 bits per heavy atom. The first-order valence-corrected chi connectivity index (χ1v) is 13.5. The number of unbranched alkanes of at least 4 members (excludes halogenated alkanes) is 6. The summed E-state index contributed by atoms with van der Waals surface area (Å²) in [4.78, 5) is 10.7. The van der Waals surface area contributed by atoms with Crippen molar-refractivity contribution < 1.29 is 9.47 Å². The maximum Gasteiger partial charge on any atom is 0.177 e. The molecule has 3 rings (SSSR count). The van der Waals surface area contributed by atoms with E-state index in [9.17, 15) is 10.5 Å². The third-order valence-electron chi connectivity index (χ3n) is 5.22. The van der Waals surface area contributed by atoms with Gasteiger partial charge in [-0.25, -0.2) is 9.97 Å². The zero-order valence-corrected chi connectivity index (χ0v) is 21.4. The maximum absolute atomic E-state index is 9.50. The third kappa shape index (κ3) is 7.03. The molecule has 34 heavy (non-hydrogen) atoms. The molecule has 0 spiro atoms. The van der Waals surface area contributed by atoms with Crippen LogP contribution in [0.4, 0.5) is 0 Å². The van der Waals surface area contributed by atoms with Crippen molar-refractivity contribution in [3.8, 4) is 43.4 Å². The molecule has 0 fully saturated rings. The number of nitrogens with zero attached hydrogens (tertiary/aromatic N) is 4. The summed E-state index contributed by atoms with van der Waals surface area (Å²) in [5.74, 6) is 0. The minimum Gasteiger partial charge on any atom is -0.484 e.